The fourth-order valence-electron chi connectivity index (χ4n) is 2.68. The highest BCUT2D eigenvalue weighted by Gasteiger charge is 2.34. The van der Waals surface area contributed by atoms with Crippen molar-refractivity contribution < 1.29 is 21.6 Å². The van der Waals surface area contributed by atoms with Crippen molar-refractivity contribution in [1.29, 1.82) is 0 Å². The smallest absolute Gasteiger partial charge is 0.195 e. The second kappa shape index (κ2) is 7.09. The van der Waals surface area contributed by atoms with Gasteiger partial charge in [0, 0.05) is 13.1 Å². The third-order valence-electron chi connectivity index (χ3n) is 3.86. The fourth-order valence-corrected chi connectivity index (χ4v) is 3.83. The van der Waals surface area contributed by atoms with Crippen LogP contribution in [-0.2, 0) is 10.2 Å². The van der Waals surface area contributed by atoms with Gasteiger partial charge in [-0.2, -0.15) is 30.6 Å². The minimum Gasteiger partial charge on any atom is -0.195 e. The van der Waals surface area contributed by atoms with E-state index in [0.717, 1.165) is 30.0 Å². The highest BCUT2D eigenvalue weighted by atomic mass is 32.2. The van der Waals surface area contributed by atoms with Crippen LogP contribution in [0.3, 0.4) is 0 Å². The zero-order valence-corrected chi connectivity index (χ0v) is 12.7. The zero-order valence-electron chi connectivity index (χ0n) is 11.9. The van der Waals surface area contributed by atoms with Crippen molar-refractivity contribution in [2.24, 2.45) is 5.92 Å². The molecule has 0 aromatic carbocycles. The van der Waals surface area contributed by atoms with Crippen molar-refractivity contribution in [3.8, 4) is 0 Å². The molecule has 0 bridgehead atoms. The van der Waals surface area contributed by atoms with E-state index < -0.39 is 22.9 Å². The van der Waals surface area contributed by atoms with Crippen molar-refractivity contribution >= 4 is 10.2 Å². The van der Waals surface area contributed by atoms with Crippen molar-refractivity contribution in [3.05, 3.63) is 0 Å². The van der Waals surface area contributed by atoms with Crippen molar-refractivity contribution in [2.75, 3.05) is 13.6 Å². The predicted molar refractivity (Wildman–Crippen MR) is 71.4 cm³/mol. The summed E-state index contributed by atoms with van der Waals surface area (Å²) in [6.45, 7) is 0.592. The number of alkyl halides is 3. The van der Waals surface area contributed by atoms with Gasteiger partial charge in [0.25, 0.3) is 10.2 Å². The van der Waals surface area contributed by atoms with E-state index in [-0.39, 0.29) is 6.04 Å². The van der Waals surface area contributed by atoms with Crippen LogP contribution in [-0.4, -0.2) is 38.5 Å². The van der Waals surface area contributed by atoms with Gasteiger partial charge in [0.05, 0.1) is 0 Å². The molecule has 120 valence electrons. The predicted octanol–water partition coefficient (Wildman–Crippen LogP) is 2.67. The summed E-state index contributed by atoms with van der Waals surface area (Å²) in [5.41, 5.74) is 0. The first-order valence-corrected chi connectivity index (χ1v) is 8.39. The summed E-state index contributed by atoms with van der Waals surface area (Å²) in [4.78, 5) is 0. The maximum atomic E-state index is 12.1. The molecule has 1 aliphatic carbocycles. The van der Waals surface area contributed by atoms with Gasteiger partial charge in [-0.1, -0.05) is 19.8 Å². The molecule has 1 rings (SSSR count). The lowest BCUT2D eigenvalue weighted by Crippen LogP contribution is -2.47. The third kappa shape index (κ3) is 5.57. The van der Waals surface area contributed by atoms with Crippen LogP contribution in [0.15, 0.2) is 0 Å². The maximum absolute atomic E-state index is 12.1. The van der Waals surface area contributed by atoms with Crippen LogP contribution in [0, 0.1) is 5.92 Å². The monoisotopic (exact) mass is 316 g/mol. The second-order valence-corrected chi connectivity index (χ2v) is 7.24. The average molecular weight is 316 g/mol. The van der Waals surface area contributed by atoms with Gasteiger partial charge in [0.15, 0.2) is 0 Å². The van der Waals surface area contributed by atoms with Crippen LogP contribution in [0.25, 0.3) is 0 Å². The Morgan fingerprint density at radius 1 is 1.20 bits per heavy atom. The third-order valence-corrected chi connectivity index (χ3v) is 5.43. The number of hydrogen-bond donors (Lipinski definition) is 1. The van der Waals surface area contributed by atoms with E-state index in [1.165, 1.54) is 7.05 Å². The minimum atomic E-state index is -4.54. The van der Waals surface area contributed by atoms with E-state index >= 15 is 0 Å². The molecule has 0 spiro atoms. The molecule has 20 heavy (non-hydrogen) atoms. The van der Waals surface area contributed by atoms with Gasteiger partial charge in [-0.3, -0.25) is 0 Å². The van der Waals surface area contributed by atoms with Gasteiger partial charge in [0.2, 0.25) is 0 Å². The van der Waals surface area contributed by atoms with E-state index in [2.05, 4.69) is 6.92 Å². The van der Waals surface area contributed by atoms with Crippen LogP contribution < -0.4 is 4.72 Å². The molecular weight excluding hydrogens is 293 g/mol. The van der Waals surface area contributed by atoms with E-state index in [1.807, 2.05) is 0 Å². The fraction of sp³-hybridized carbons (Fsp3) is 1.00. The van der Waals surface area contributed by atoms with Crippen LogP contribution in [0.2, 0.25) is 0 Å². The minimum absolute atomic E-state index is 0.200. The largest absolute Gasteiger partial charge is 0.402 e. The van der Waals surface area contributed by atoms with Crippen LogP contribution in [0.4, 0.5) is 13.2 Å². The van der Waals surface area contributed by atoms with E-state index in [0.29, 0.717) is 18.8 Å². The first kappa shape index (κ1) is 17.7. The molecule has 0 aromatic heterocycles. The highest BCUT2D eigenvalue weighted by molar-refractivity contribution is 7.87. The number of nitrogens with zero attached hydrogens (tertiary/aromatic N) is 1. The Kier molecular flexibility index (Phi) is 6.27. The standard InChI is InChI=1S/C12H23F3N2O2S/c1-3-4-10-5-7-11(8-6-10)17(2)20(18,19)16-9-12(13,14)15/h10-11,16H,3-9H2,1-2H3. The molecular formula is C12H23F3N2O2S. The van der Waals surface area contributed by atoms with Gasteiger partial charge in [-0.25, -0.2) is 0 Å². The lowest BCUT2D eigenvalue weighted by atomic mass is 9.83. The Morgan fingerprint density at radius 2 is 1.75 bits per heavy atom. The molecule has 0 aromatic rings. The summed E-state index contributed by atoms with van der Waals surface area (Å²) >= 11 is 0. The SMILES string of the molecule is CCCC1CCC(N(C)S(=O)(=O)NCC(F)(F)F)CC1. The molecule has 1 N–H and O–H groups in total. The molecule has 8 heteroatoms. The first-order chi connectivity index (χ1) is 9.15. The molecule has 0 atom stereocenters. The number of hydrogen-bond acceptors (Lipinski definition) is 2. The Labute approximate surface area is 118 Å². The van der Waals surface area contributed by atoms with Gasteiger partial charge >= 0.3 is 6.18 Å². The summed E-state index contributed by atoms with van der Waals surface area (Å²) in [6.07, 6.45) is 1.02. The number of nitrogens with one attached hydrogen (secondary N) is 1. The molecule has 1 saturated carbocycles. The van der Waals surface area contributed by atoms with Gasteiger partial charge in [0.1, 0.15) is 6.54 Å². The normalized spacial score (nSPS) is 25.1. The summed E-state index contributed by atoms with van der Waals surface area (Å²) in [7, 11) is -2.71. The highest BCUT2D eigenvalue weighted by Crippen LogP contribution is 2.30. The molecule has 1 aliphatic rings. The Balaban J connectivity index is 2.51. The van der Waals surface area contributed by atoms with E-state index in [1.54, 1.807) is 4.72 Å². The zero-order chi connectivity index (χ0) is 15.4. The Morgan fingerprint density at radius 3 is 2.20 bits per heavy atom. The summed E-state index contributed by atoms with van der Waals surface area (Å²) in [5.74, 6) is 0.621. The molecule has 1 fully saturated rings. The lowest BCUT2D eigenvalue weighted by Gasteiger charge is -2.34. The molecule has 0 aliphatic heterocycles. The topological polar surface area (TPSA) is 49.4 Å². The second-order valence-electron chi connectivity index (χ2n) is 5.42. The quantitative estimate of drug-likeness (QED) is 0.819. The van der Waals surface area contributed by atoms with Gasteiger partial charge in [-0.05, 0) is 31.6 Å². The molecule has 4 nitrogen and oxygen atoms in total. The summed E-state index contributed by atoms with van der Waals surface area (Å²) in [5, 5.41) is 0. The van der Waals surface area contributed by atoms with E-state index in [4.69, 9.17) is 0 Å². The maximum Gasteiger partial charge on any atom is 0.402 e. The summed E-state index contributed by atoms with van der Waals surface area (Å²) < 4.78 is 62.5. The number of halogens is 3. The number of rotatable bonds is 6. The lowest BCUT2D eigenvalue weighted by molar-refractivity contribution is -0.121. The van der Waals surface area contributed by atoms with Gasteiger partial charge < -0.3 is 0 Å². The molecule has 0 unspecified atom stereocenters. The van der Waals surface area contributed by atoms with Crippen molar-refractivity contribution in [2.45, 2.75) is 57.7 Å². The summed E-state index contributed by atoms with van der Waals surface area (Å²) in [6, 6.07) is -0.200. The Hall–Kier alpha value is -0.340. The average Bonchev–Trinajstić information content (AvgIpc) is 2.36. The van der Waals surface area contributed by atoms with Crippen molar-refractivity contribution in [1.82, 2.24) is 9.03 Å². The molecule has 0 saturated heterocycles. The van der Waals surface area contributed by atoms with E-state index in [9.17, 15) is 21.6 Å². The Bertz CT molecular complexity index is 390. The van der Waals surface area contributed by atoms with Gasteiger partial charge in [-0.15, -0.1) is 0 Å². The van der Waals surface area contributed by atoms with Crippen molar-refractivity contribution in [3.63, 3.8) is 0 Å². The van der Waals surface area contributed by atoms with Crippen LogP contribution in [0.5, 0.6) is 0 Å². The first-order valence-electron chi connectivity index (χ1n) is 6.95. The van der Waals surface area contributed by atoms with Crippen LogP contribution >= 0.6 is 0 Å². The molecule has 0 radical (unpaired) electrons. The van der Waals surface area contributed by atoms with Crippen LogP contribution in [0.1, 0.15) is 45.4 Å². The molecule has 0 amide bonds. The molecule has 0 heterocycles.